The van der Waals surface area contributed by atoms with Gasteiger partial charge in [-0.2, -0.15) is 5.10 Å². The first kappa shape index (κ1) is 26.6. The number of rotatable bonds is 5. The molecule has 0 saturated carbocycles. The van der Waals surface area contributed by atoms with E-state index in [-0.39, 0.29) is 28.2 Å². The second-order valence-corrected chi connectivity index (χ2v) is 10.8. The summed E-state index contributed by atoms with van der Waals surface area (Å²) in [4.78, 5) is 39.1. The van der Waals surface area contributed by atoms with Gasteiger partial charge in [0.15, 0.2) is 0 Å². The van der Waals surface area contributed by atoms with Gasteiger partial charge >= 0.3 is 11.7 Å². The van der Waals surface area contributed by atoms with Crippen LogP contribution in [0.25, 0.3) is 16.6 Å². The predicted octanol–water partition coefficient (Wildman–Crippen LogP) is 4.55. The molecule has 3 heterocycles. The number of nitrogens with zero attached hydrogens (tertiary/aromatic N) is 4. The van der Waals surface area contributed by atoms with Crippen LogP contribution in [0.3, 0.4) is 0 Å². The second-order valence-electron chi connectivity index (χ2n) is 10.4. The topological polar surface area (TPSA) is 100 Å². The Balaban J connectivity index is 1.42. The Hall–Kier alpha value is -4.63. The van der Waals surface area contributed by atoms with Gasteiger partial charge in [0, 0.05) is 23.6 Å². The number of esters is 1. The van der Waals surface area contributed by atoms with Gasteiger partial charge in [0.25, 0.3) is 5.91 Å². The van der Waals surface area contributed by atoms with Crippen molar-refractivity contribution in [3.63, 3.8) is 0 Å². The molecule has 0 bridgehead atoms. The number of amides is 1. The molecule has 0 fully saturated rings. The van der Waals surface area contributed by atoms with E-state index in [0.717, 1.165) is 27.7 Å². The Kier molecular flexibility index (Phi) is 6.54. The van der Waals surface area contributed by atoms with E-state index in [4.69, 9.17) is 16.3 Å². The van der Waals surface area contributed by atoms with Crippen molar-refractivity contribution in [1.29, 1.82) is 0 Å². The number of ether oxygens (including phenoxy) is 1. The third-order valence-electron chi connectivity index (χ3n) is 7.91. The number of aromatic nitrogens is 4. The number of hydrogen-bond acceptors (Lipinski definition) is 5. The molecule has 208 valence electrons. The summed E-state index contributed by atoms with van der Waals surface area (Å²) >= 11 is 6.61. The number of methoxy groups -OCH3 is 1. The molecule has 6 rings (SSSR count). The standard InChI is InChI=1S/C31H28ClN5O4/c1-19-9-12-25-23(15-19)27(29(39)41-3)26-13-14-31(17-36(25)26,20-7-5-4-6-8-20)34-28(38)22-11-10-21(16-24(22)32)37-18-33-35(2)30(37)40/h4-12,15-16,18H,13-14,17H2,1-3H3,(H,34,38)/t31-/m1/s1. The molecule has 0 saturated heterocycles. The number of carbonyl (C=O) groups is 2. The van der Waals surface area contributed by atoms with Crippen LogP contribution in [0, 0.1) is 6.92 Å². The van der Waals surface area contributed by atoms with E-state index >= 15 is 0 Å². The van der Waals surface area contributed by atoms with Crippen LogP contribution in [0.15, 0.2) is 77.9 Å². The minimum absolute atomic E-state index is 0.213. The number of halogens is 1. The van der Waals surface area contributed by atoms with E-state index in [9.17, 15) is 14.4 Å². The fourth-order valence-corrected chi connectivity index (χ4v) is 6.08. The maximum Gasteiger partial charge on any atom is 0.350 e. The van der Waals surface area contributed by atoms with Gasteiger partial charge in [-0.1, -0.05) is 53.6 Å². The number of carbonyl (C=O) groups excluding carboxylic acids is 2. The first-order chi connectivity index (χ1) is 19.7. The average Bonchev–Trinajstić information content (AvgIpc) is 3.48. The zero-order valence-corrected chi connectivity index (χ0v) is 23.6. The summed E-state index contributed by atoms with van der Waals surface area (Å²) in [5.41, 5.74) is 4.06. The van der Waals surface area contributed by atoms with Crippen molar-refractivity contribution in [2.24, 2.45) is 7.05 Å². The molecule has 1 atom stereocenters. The Morgan fingerprint density at radius 1 is 1.07 bits per heavy atom. The fraction of sp³-hybridized carbons (Fsp3) is 0.226. The molecule has 0 unspecified atom stereocenters. The van der Waals surface area contributed by atoms with Gasteiger partial charge in [0.05, 0.1) is 41.0 Å². The Morgan fingerprint density at radius 2 is 1.85 bits per heavy atom. The van der Waals surface area contributed by atoms with Crippen molar-refractivity contribution >= 4 is 34.4 Å². The minimum atomic E-state index is -0.780. The summed E-state index contributed by atoms with van der Waals surface area (Å²) in [7, 11) is 2.95. The molecule has 10 heteroatoms. The average molecular weight is 570 g/mol. The van der Waals surface area contributed by atoms with Crippen LogP contribution in [-0.4, -0.2) is 37.9 Å². The molecule has 9 nitrogen and oxygen atoms in total. The monoisotopic (exact) mass is 569 g/mol. The predicted molar refractivity (Wildman–Crippen MR) is 156 cm³/mol. The molecule has 41 heavy (non-hydrogen) atoms. The minimum Gasteiger partial charge on any atom is -0.465 e. The van der Waals surface area contributed by atoms with Crippen LogP contribution in [0.1, 0.15) is 44.0 Å². The summed E-state index contributed by atoms with van der Waals surface area (Å²) < 4.78 is 9.87. The molecule has 1 amide bonds. The van der Waals surface area contributed by atoms with Crippen LogP contribution in [0.4, 0.5) is 0 Å². The van der Waals surface area contributed by atoms with E-state index in [2.05, 4.69) is 15.0 Å². The van der Waals surface area contributed by atoms with Gasteiger partial charge in [0.1, 0.15) is 6.33 Å². The molecule has 0 spiro atoms. The molecule has 2 aromatic heterocycles. The van der Waals surface area contributed by atoms with E-state index < -0.39 is 5.54 Å². The molecule has 1 aliphatic rings. The molecule has 0 radical (unpaired) electrons. The van der Waals surface area contributed by atoms with Crippen molar-refractivity contribution in [1.82, 2.24) is 24.2 Å². The van der Waals surface area contributed by atoms with Crippen LogP contribution >= 0.6 is 11.6 Å². The second kappa shape index (κ2) is 10.1. The van der Waals surface area contributed by atoms with Gasteiger partial charge in [-0.05, 0) is 55.7 Å². The van der Waals surface area contributed by atoms with Crippen molar-refractivity contribution in [2.45, 2.75) is 31.8 Å². The lowest BCUT2D eigenvalue weighted by Crippen LogP contribution is -2.51. The van der Waals surface area contributed by atoms with Crippen molar-refractivity contribution in [2.75, 3.05) is 7.11 Å². The highest BCUT2D eigenvalue weighted by Crippen LogP contribution is 2.40. The number of hydrogen-bond donors (Lipinski definition) is 1. The number of fused-ring (bicyclic) bond motifs is 3. The Morgan fingerprint density at radius 3 is 2.54 bits per heavy atom. The van der Waals surface area contributed by atoms with Gasteiger partial charge in [0.2, 0.25) is 0 Å². The molecular weight excluding hydrogens is 542 g/mol. The summed E-state index contributed by atoms with van der Waals surface area (Å²) in [5, 5.41) is 8.33. The normalized spacial score (nSPS) is 16.4. The highest BCUT2D eigenvalue weighted by Gasteiger charge is 2.41. The fourth-order valence-electron chi connectivity index (χ4n) is 5.82. The molecule has 1 aliphatic heterocycles. The van der Waals surface area contributed by atoms with E-state index in [0.29, 0.717) is 30.6 Å². The van der Waals surface area contributed by atoms with Crippen LogP contribution < -0.4 is 11.0 Å². The zero-order valence-electron chi connectivity index (χ0n) is 22.8. The number of benzene rings is 3. The van der Waals surface area contributed by atoms with Crippen LogP contribution in [0.2, 0.25) is 5.02 Å². The first-order valence-electron chi connectivity index (χ1n) is 13.2. The Labute approximate surface area is 240 Å². The smallest absolute Gasteiger partial charge is 0.350 e. The lowest BCUT2D eigenvalue weighted by atomic mass is 9.81. The van der Waals surface area contributed by atoms with Gasteiger partial charge in [-0.25, -0.2) is 18.8 Å². The highest BCUT2D eigenvalue weighted by molar-refractivity contribution is 6.34. The van der Waals surface area contributed by atoms with Crippen molar-refractivity contribution < 1.29 is 14.3 Å². The van der Waals surface area contributed by atoms with Crippen LogP contribution in [-0.2, 0) is 30.3 Å². The zero-order chi connectivity index (χ0) is 28.9. The maximum atomic E-state index is 13.8. The summed E-state index contributed by atoms with van der Waals surface area (Å²) in [6.45, 7) is 2.40. The third kappa shape index (κ3) is 4.42. The number of aryl methyl sites for hydroxylation is 2. The first-order valence-corrected chi connectivity index (χ1v) is 13.6. The largest absolute Gasteiger partial charge is 0.465 e. The van der Waals surface area contributed by atoms with Gasteiger partial charge < -0.3 is 14.6 Å². The Bertz CT molecular complexity index is 1890. The SMILES string of the molecule is COC(=O)c1c2n(c3ccc(C)cc13)C[C@@](NC(=O)c1ccc(-n3cnn(C)c3=O)cc1Cl)(c1ccccc1)CC2. The molecular formula is C31H28ClN5O4. The lowest BCUT2D eigenvalue weighted by Gasteiger charge is -2.40. The van der Waals surface area contributed by atoms with Gasteiger partial charge in [-0.3, -0.25) is 4.79 Å². The summed E-state index contributed by atoms with van der Waals surface area (Å²) in [6, 6.07) is 20.7. The molecule has 5 aromatic rings. The molecule has 0 aliphatic carbocycles. The third-order valence-corrected chi connectivity index (χ3v) is 8.22. The van der Waals surface area contributed by atoms with Crippen molar-refractivity contribution in [3.05, 3.63) is 117 Å². The summed E-state index contributed by atoms with van der Waals surface area (Å²) in [6.07, 6.45) is 2.51. The molecule has 1 N–H and O–H groups in total. The quantitative estimate of drug-likeness (QED) is 0.313. The van der Waals surface area contributed by atoms with E-state index in [1.807, 2.05) is 55.5 Å². The van der Waals surface area contributed by atoms with Crippen LogP contribution in [0.5, 0.6) is 0 Å². The summed E-state index contributed by atoms with van der Waals surface area (Å²) in [5.74, 6) is -0.710. The maximum absolute atomic E-state index is 13.8. The lowest BCUT2D eigenvalue weighted by molar-refractivity contribution is 0.0598. The highest BCUT2D eigenvalue weighted by atomic mass is 35.5. The van der Waals surface area contributed by atoms with Gasteiger partial charge in [-0.15, -0.1) is 0 Å². The van der Waals surface area contributed by atoms with Crippen molar-refractivity contribution in [3.8, 4) is 5.69 Å². The van der Waals surface area contributed by atoms with E-state index in [1.54, 1.807) is 25.2 Å². The van der Waals surface area contributed by atoms with E-state index in [1.165, 1.54) is 22.7 Å². The molecule has 3 aromatic carbocycles. The number of nitrogens with one attached hydrogen (secondary N) is 1.